The number of ether oxygens (including phenoxy) is 2. The molecule has 3 amide bonds. The highest BCUT2D eigenvalue weighted by Gasteiger charge is 2.31. The van der Waals surface area contributed by atoms with Crippen molar-refractivity contribution in [2.24, 2.45) is 13.0 Å². The number of carbonyl (C=O) groups is 2. The number of aryl methyl sites for hydroxylation is 1. The Balaban J connectivity index is 1.60. The van der Waals surface area contributed by atoms with Gasteiger partial charge in [-0.25, -0.2) is 9.78 Å². The predicted molar refractivity (Wildman–Crippen MR) is 179 cm³/mol. The van der Waals surface area contributed by atoms with Crippen molar-refractivity contribution in [1.82, 2.24) is 24.7 Å². The van der Waals surface area contributed by atoms with Crippen LogP contribution >= 0.6 is 0 Å². The second kappa shape index (κ2) is 16.6. The number of urea groups is 1. The summed E-state index contributed by atoms with van der Waals surface area (Å²) in [7, 11) is -0.577. The van der Waals surface area contributed by atoms with Crippen LogP contribution in [0.25, 0.3) is 0 Å². The number of nitrogens with one attached hydrogen (secondary N) is 2. The number of benzene rings is 1. The first-order chi connectivity index (χ1) is 22.4. The molecule has 0 saturated heterocycles. The van der Waals surface area contributed by atoms with Crippen LogP contribution in [-0.4, -0.2) is 102 Å². The molecule has 0 unspecified atom stereocenters. The summed E-state index contributed by atoms with van der Waals surface area (Å²) in [5.41, 5.74) is 0.348. The number of likely N-dealkylation sites (N-methyl/N-ethyl adjacent to an activating group) is 1. The standard InChI is InChI=1S/C33H52N6O7S/c1-23-18-39(24(2)21-40)32(41)28-17-27(36-47(43,44)31-20-37(4)22-34-31)14-15-29(28)46-25(3)11-9-10-16-45-30(23)19-38(5)33(42)35-26-12-7-6-8-13-26/h14-15,17,20,22-26,30,36,40H,6-13,16,18-19,21H2,1-5H3,(H,35,42)/t23-,24-,25+,30-/m0/s1. The van der Waals surface area contributed by atoms with Crippen molar-refractivity contribution in [3.63, 3.8) is 0 Å². The van der Waals surface area contributed by atoms with Crippen molar-refractivity contribution >= 4 is 27.6 Å². The average Bonchev–Trinajstić information content (AvgIpc) is 3.50. The summed E-state index contributed by atoms with van der Waals surface area (Å²) < 4.78 is 42.8. The first kappa shape index (κ1) is 36.5. The van der Waals surface area contributed by atoms with Gasteiger partial charge in [0.1, 0.15) is 5.75 Å². The van der Waals surface area contributed by atoms with Gasteiger partial charge >= 0.3 is 6.03 Å². The van der Waals surface area contributed by atoms with Crippen molar-refractivity contribution in [2.75, 3.05) is 38.1 Å². The molecule has 1 aliphatic carbocycles. The number of rotatable bonds is 8. The maximum absolute atomic E-state index is 14.3. The average molecular weight is 677 g/mol. The zero-order chi connectivity index (χ0) is 34.1. The van der Waals surface area contributed by atoms with E-state index >= 15 is 0 Å². The van der Waals surface area contributed by atoms with Crippen LogP contribution in [-0.2, 0) is 21.8 Å². The maximum Gasteiger partial charge on any atom is 0.317 e. The number of aliphatic hydroxyl groups is 1. The minimum atomic E-state index is -4.02. The van der Waals surface area contributed by atoms with E-state index in [1.54, 1.807) is 43.0 Å². The summed E-state index contributed by atoms with van der Waals surface area (Å²) in [5, 5.41) is 13.2. The minimum absolute atomic E-state index is 0.135. The Morgan fingerprint density at radius 2 is 1.87 bits per heavy atom. The summed E-state index contributed by atoms with van der Waals surface area (Å²) >= 11 is 0. The van der Waals surface area contributed by atoms with Crippen LogP contribution in [0.3, 0.4) is 0 Å². The fourth-order valence-electron chi connectivity index (χ4n) is 6.07. The summed E-state index contributed by atoms with van der Waals surface area (Å²) in [4.78, 5) is 34.6. The normalized spacial score (nSPS) is 22.8. The molecule has 14 heteroatoms. The number of nitrogens with zero attached hydrogens (tertiary/aromatic N) is 4. The monoisotopic (exact) mass is 676 g/mol. The van der Waals surface area contributed by atoms with E-state index in [2.05, 4.69) is 15.0 Å². The Morgan fingerprint density at radius 1 is 1.15 bits per heavy atom. The molecule has 3 N–H and O–H groups in total. The first-order valence-corrected chi connectivity index (χ1v) is 18.2. The van der Waals surface area contributed by atoms with E-state index in [1.807, 2.05) is 13.8 Å². The van der Waals surface area contributed by atoms with E-state index in [1.165, 1.54) is 29.6 Å². The van der Waals surface area contributed by atoms with Gasteiger partial charge in [-0.05, 0) is 64.2 Å². The smallest absolute Gasteiger partial charge is 0.317 e. The molecular formula is C33H52N6O7S. The fraction of sp³-hybridized carbons (Fsp3) is 0.667. The van der Waals surface area contributed by atoms with Gasteiger partial charge in [-0.15, -0.1) is 0 Å². The SMILES string of the molecule is C[C@@H]1CCCCO[C@@H](CN(C)C(=O)NC2CCCCC2)[C@@H](C)CN([C@@H](C)CO)C(=O)c2cc(NS(=O)(=O)c3cn(C)cn3)ccc2O1. The van der Waals surface area contributed by atoms with Gasteiger partial charge in [-0.1, -0.05) is 26.2 Å². The largest absolute Gasteiger partial charge is 0.490 e. The zero-order valence-electron chi connectivity index (χ0n) is 28.4. The number of hydrogen-bond donors (Lipinski definition) is 3. The maximum atomic E-state index is 14.3. The van der Waals surface area contributed by atoms with Crippen LogP contribution in [0.1, 0.15) is 82.5 Å². The molecule has 47 heavy (non-hydrogen) atoms. The molecular weight excluding hydrogens is 624 g/mol. The molecule has 4 rings (SSSR count). The molecule has 0 spiro atoms. The van der Waals surface area contributed by atoms with Crippen LogP contribution in [0.2, 0.25) is 0 Å². The second-order valence-corrected chi connectivity index (χ2v) is 14.8. The van der Waals surface area contributed by atoms with E-state index in [4.69, 9.17) is 9.47 Å². The topological polar surface area (TPSA) is 155 Å². The van der Waals surface area contributed by atoms with Crippen molar-refractivity contribution in [1.29, 1.82) is 0 Å². The first-order valence-electron chi connectivity index (χ1n) is 16.7. The summed E-state index contributed by atoms with van der Waals surface area (Å²) in [6.07, 6.45) is 9.95. The van der Waals surface area contributed by atoms with Gasteiger partial charge in [0.25, 0.3) is 15.9 Å². The highest BCUT2D eigenvalue weighted by molar-refractivity contribution is 7.92. The molecule has 2 aromatic rings. The summed E-state index contributed by atoms with van der Waals surface area (Å²) in [5.74, 6) is -0.302. The molecule has 2 heterocycles. The van der Waals surface area contributed by atoms with Gasteiger partial charge < -0.3 is 34.3 Å². The molecule has 1 saturated carbocycles. The van der Waals surface area contributed by atoms with Crippen LogP contribution < -0.4 is 14.8 Å². The van der Waals surface area contributed by atoms with Crippen LogP contribution in [0.5, 0.6) is 5.75 Å². The summed E-state index contributed by atoms with van der Waals surface area (Å²) in [6, 6.07) is 4.11. The van der Waals surface area contributed by atoms with Crippen molar-refractivity contribution in [3.05, 3.63) is 36.3 Å². The van der Waals surface area contributed by atoms with E-state index < -0.39 is 22.0 Å². The highest BCUT2D eigenvalue weighted by atomic mass is 32.2. The van der Waals surface area contributed by atoms with Crippen LogP contribution in [0.15, 0.2) is 35.7 Å². The number of anilines is 1. The third-order valence-electron chi connectivity index (χ3n) is 8.99. The zero-order valence-corrected chi connectivity index (χ0v) is 29.2. The Labute approximate surface area is 279 Å². The lowest BCUT2D eigenvalue weighted by Gasteiger charge is -2.36. The van der Waals surface area contributed by atoms with Gasteiger partial charge in [-0.3, -0.25) is 9.52 Å². The molecule has 262 valence electrons. The lowest BCUT2D eigenvalue weighted by molar-refractivity contribution is -0.0123. The predicted octanol–water partition coefficient (Wildman–Crippen LogP) is 3.99. The molecule has 0 radical (unpaired) electrons. The molecule has 2 aliphatic rings. The Hall–Kier alpha value is -3.36. The molecule has 1 fully saturated rings. The fourth-order valence-corrected chi connectivity index (χ4v) is 7.10. The van der Waals surface area contributed by atoms with E-state index in [0.717, 1.165) is 38.5 Å². The molecule has 4 atom stereocenters. The molecule has 13 nitrogen and oxygen atoms in total. The van der Waals surface area contributed by atoms with Crippen molar-refractivity contribution in [3.8, 4) is 5.75 Å². The second-order valence-electron chi connectivity index (χ2n) is 13.2. The van der Waals surface area contributed by atoms with Gasteiger partial charge in [0.2, 0.25) is 0 Å². The number of aromatic nitrogens is 2. The molecule has 0 bridgehead atoms. The van der Waals surface area contributed by atoms with Gasteiger partial charge in [0.15, 0.2) is 5.03 Å². The van der Waals surface area contributed by atoms with Crippen LogP contribution in [0, 0.1) is 5.92 Å². The lowest BCUT2D eigenvalue weighted by atomic mass is 9.96. The minimum Gasteiger partial charge on any atom is -0.490 e. The number of sulfonamides is 1. The number of hydrogen-bond acceptors (Lipinski definition) is 8. The molecule has 1 aromatic carbocycles. The van der Waals surface area contributed by atoms with E-state index in [-0.39, 0.29) is 59.6 Å². The van der Waals surface area contributed by atoms with Crippen molar-refractivity contribution < 1.29 is 32.6 Å². The van der Waals surface area contributed by atoms with Gasteiger partial charge in [0.05, 0.1) is 36.7 Å². The van der Waals surface area contributed by atoms with E-state index in [9.17, 15) is 23.1 Å². The highest BCUT2D eigenvalue weighted by Crippen LogP contribution is 2.29. The Bertz CT molecular complexity index is 1440. The number of aliphatic hydroxyl groups excluding tert-OH is 1. The number of amides is 3. The van der Waals surface area contributed by atoms with Gasteiger partial charge in [-0.2, -0.15) is 8.42 Å². The third kappa shape index (κ3) is 10.1. The van der Waals surface area contributed by atoms with E-state index in [0.29, 0.717) is 25.3 Å². The Morgan fingerprint density at radius 3 is 2.55 bits per heavy atom. The Kier molecular flexibility index (Phi) is 12.9. The number of fused-ring (bicyclic) bond motifs is 1. The lowest BCUT2D eigenvalue weighted by Crippen LogP contribution is -2.50. The number of carbonyl (C=O) groups excluding carboxylic acids is 2. The number of imidazole rings is 1. The van der Waals surface area contributed by atoms with Crippen molar-refractivity contribution in [2.45, 2.75) is 101 Å². The van der Waals surface area contributed by atoms with Gasteiger partial charge in [0, 0.05) is 57.6 Å². The van der Waals surface area contributed by atoms with Crippen LogP contribution in [0.4, 0.5) is 10.5 Å². The third-order valence-corrected chi connectivity index (χ3v) is 10.3. The quantitative estimate of drug-likeness (QED) is 0.379. The summed E-state index contributed by atoms with van der Waals surface area (Å²) in [6.45, 7) is 6.44. The molecule has 1 aromatic heterocycles. The molecule has 1 aliphatic heterocycles.